The Bertz CT molecular complexity index is 692. The minimum Gasteiger partial charge on any atom is -0.352 e. The van der Waals surface area contributed by atoms with Crippen molar-refractivity contribution in [3.8, 4) is 0 Å². The summed E-state index contributed by atoms with van der Waals surface area (Å²) < 4.78 is 2.25. The highest BCUT2D eigenvalue weighted by Crippen LogP contribution is 2.39. The first-order valence-electron chi connectivity index (χ1n) is 8.62. The molecule has 0 amide bonds. The van der Waals surface area contributed by atoms with E-state index in [2.05, 4.69) is 72.0 Å². The summed E-state index contributed by atoms with van der Waals surface area (Å²) in [6, 6.07) is 8.98. The molecule has 24 heavy (non-hydrogen) atoms. The quantitative estimate of drug-likeness (QED) is 0.830. The van der Waals surface area contributed by atoms with Crippen LogP contribution in [-0.2, 0) is 0 Å². The predicted molar refractivity (Wildman–Crippen MR) is 102 cm³/mol. The first-order chi connectivity index (χ1) is 11.5. The highest BCUT2D eigenvalue weighted by molar-refractivity contribution is 7.80. The molecule has 0 spiro atoms. The van der Waals surface area contributed by atoms with Gasteiger partial charge < -0.3 is 14.8 Å². The Labute approximate surface area is 149 Å². The fraction of sp³-hybridized carbons (Fsp3) is 0.474. The summed E-state index contributed by atoms with van der Waals surface area (Å²) in [5.41, 5.74) is 2.32. The zero-order chi connectivity index (χ0) is 17.3. The number of rotatable bonds is 5. The minimum absolute atomic E-state index is 0.0838. The normalized spacial score (nSPS) is 20.9. The Morgan fingerprint density at radius 2 is 2.00 bits per heavy atom. The molecule has 2 aromatic heterocycles. The van der Waals surface area contributed by atoms with Gasteiger partial charge >= 0.3 is 0 Å². The SMILES string of the molecule is CC(C)CN1C(=S)N[C@H](c2ccccn2)[C@H]1c1ccn(C(C)C)c1. The lowest BCUT2D eigenvalue weighted by atomic mass is 9.98. The van der Waals surface area contributed by atoms with E-state index in [4.69, 9.17) is 12.2 Å². The molecule has 4 nitrogen and oxygen atoms in total. The lowest BCUT2D eigenvalue weighted by molar-refractivity contribution is 0.287. The number of nitrogens with one attached hydrogen (secondary N) is 1. The number of nitrogens with zero attached hydrogens (tertiary/aromatic N) is 3. The third kappa shape index (κ3) is 3.31. The van der Waals surface area contributed by atoms with Crippen LogP contribution in [0.3, 0.4) is 0 Å². The van der Waals surface area contributed by atoms with Crippen molar-refractivity contribution in [2.45, 2.75) is 45.8 Å². The Hall–Kier alpha value is -1.88. The lowest BCUT2D eigenvalue weighted by Gasteiger charge is -2.28. The summed E-state index contributed by atoms with van der Waals surface area (Å²) in [5, 5.41) is 4.32. The second-order valence-electron chi connectivity index (χ2n) is 7.16. The van der Waals surface area contributed by atoms with E-state index in [1.807, 2.05) is 18.3 Å². The monoisotopic (exact) mass is 342 g/mol. The largest absolute Gasteiger partial charge is 0.352 e. The van der Waals surface area contributed by atoms with Crippen molar-refractivity contribution < 1.29 is 0 Å². The van der Waals surface area contributed by atoms with Gasteiger partial charge in [0.1, 0.15) is 0 Å². The van der Waals surface area contributed by atoms with Gasteiger partial charge in [-0.25, -0.2) is 0 Å². The van der Waals surface area contributed by atoms with Crippen LogP contribution in [0.1, 0.15) is 57.1 Å². The number of pyridine rings is 1. The molecule has 1 fully saturated rings. The molecule has 2 aromatic rings. The van der Waals surface area contributed by atoms with Crippen LogP contribution in [0.4, 0.5) is 0 Å². The molecular weight excluding hydrogens is 316 g/mol. The van der Waals surface area contributed by atoms with Gasteiger partial charge in [-0.1, -0.05) is 19.9 Å². The molecule has 128 valence electrons. The summed E-state index contributed by atoms with van der Waals surface area (Å²) >= 11 is 5.65. The molecule has 0 unspecified atom stereocenters. The molecule has 0 bridgehead atoms. The Balaban J connectivity index is 2.00. The molecule has 0 radical (unpaired) electrons. The fourth-order valence-electron chi connectivity index (χ4n) is 3.29. The molecule has 1 aliphatic heterocycles. The zero-order valence-electron chi connectivity index (χ0n) is 14.8. The van der Waals surface area contributed by atoms with Gasteiger partial charge in [0.25, 0.3) is 0 Å². The first-order valence-corrected chi connectivity index (χ1v) is 9.03. The van der Waals surface area contributed by atoms with E-state index in [1.54, 1.807) is 0 Å². The molecule has 1 saturated heterocycles. The van der Waals surface area contributed by atoms with Crippen molar-refractivity contribution in [2.75, 3.05) is 6.54 Å². The van der Waals surface area contributed by atoms with E-state index in [-0.39, 0.29) is 12.1 Å². The molecular formula is C19H26N4S. The van der Waals surface area contributed by atoms with Gasteiger partial charge in [-0.2, -0.15) is 0 Å². The summed E-state index contributed by atoms with van der Waals surface area (Å²) in [4.78, 5) is 6.89. The van der Waals surface area contributed by atoms with Gasteiger partial charge in [0.15, 0.2) is 5.11 Å². The maximum absolute atomic E-state index is 5.65. The van der Waals surface area contributed by atoms with Crippen LogP contribution in [0.2, 0.25) is 0 Å². The van der Waals surface area contributed by atoms with Crippen molar-refractivity contribution in [1.82, 2.24) is 19.8 Å². The Morgan fingerprint density at radius 3 is 2.58 bits per heavy atom. The Morgan fingerprint density at radius 1 is 1.21 bits per heavy atom. The third-order valence-corrected chi connectivity index (χ3v) is 4.79. The summed E-state index contributed by atoms with van der Waals surface area (Å²) in [6.07, 6.45) is 6.25. The second-order valence-corrected chi connectivity index (χ2v) is 7.55. The van der Waals surface area contributed by atoms with Crippen molar-refractivity contribution in [3.05, 3.63) is 54.1 Å². The van der Waals surface area contributed by atoms with Crippen LogP contribution in [0, 0.1) is 5.92 Å². The van der Waals surface area contributed by atoms with Crippen LogP contribution in [0.25, 0.3) is 0 Å². The molecule has 3 heterocycles. The molecule has 3 rings (SSSR count). The van der Waals surface area contributed by atoms with E-state index in [0.717, 1.165) is 17.4 Å². The van der Waals surface area contributed by atoms with Crippen molar-refractivity contribution >= 4 is 17.3 Å². The summed E-state index contributed by atoms with van der Waals surface area (Å²) in [7, 11) is 0. The van der Waals surface area contributed by atoms with Gasteiger partial charge in [-0.05, 0) is 55.7 Å². The molecule has 1 N–H and O–H groups in total. The smallest absolute Gasteiger partial charge is 0.170 e. The zero-order valence-corrected chi connectivity index (χ0v) is 15.6. The molecule has 5 heteroatoms. The van der Waals surface area contributed by atoms with Gasteiger partial charge in [0.05, 0.1) is 17.8 Å². The Kier molecular flexibility index (Phi) is 4.90. The highest BCUT2D eigenvalue weighted by atomic mass is 32.1. The van der Waals surface area contributed by atoms with Crippen molar-refractivity contribution in [3.63, 3.8) is 0 Å². The van der Waals surface area contributed by atoms with E-state index < -0.39 is 0 Å². The molecule has 0 saturated carbocycles. The first kappa shape index (κ1) is 17.0. The van der Waals surface area contributed by atoms with Crippen molar-refractivity contribution in [2.24, 2.45) is 5.92 Å². The molecule has 0 aromatic carbocycles. The average Bonchev–Trinajstić information content (AvgIpc) is 3.14. The van der Waals surface area contributed by atoms with Gasteiger partial charge in [-0.15, -0.1) is 0 Å². The number of thiocarbonyl (C=S) groups is 1. The van der Waals surface area contributed by atoms with Crippen LogP contribution < -0.4 is 5.32 Å². The second kappa shape index (κ2) is 6.93. The van der Waals surface area contributed by atoms with Crippen LogP contribution in [-0.4, -0.2) is 26.1 Å². The number of hydrogen-bond acceptors (Lipinski definition) is 2. The number of hydrogen-bond donors (Lipinski definition) is 1. The van der Waals surface area contributed by atoms with E-state index >= 15 is 0 Å². The van der Waals surface area contributed by atoms with Crippen LogP contribution in [0.5, 0.6) is 0 Å². The maximum atomic E-state index is 5.65. The fourth-order valence-corrected chi connectivity index (χ4v) is 3.60. The third-order valence-electron chi connectivity index (χ3n) is 4.43. The number of aromatic nitrogens is 2. The van der Waals surface area contributed by atoms with Gasteiger partial charge in [-0.3, -0.25) is 4.98 Å². The van der Waals surface area contributed by atoms with E-state index in [0.29, 0.717) is 12.0 Å². The van der Waals surface area contributed by atoms with E-state index in [1.165, 1.54) is 5.56 Å². The molecule has 2 atom stereocenters. The van der Waals surface area contributed by atoms with Crippen LogP contribution in [0.15, 0.2) is 42.9 Å². The summed E-state index contributed by atoms with van der Waals surface area (Å²) in [6.45, 7) is 9.79. The topological polar surface area (TPSA) is 33.1 Å². The van der Waals surface area contributed by atoms with Gasteiger partial charge in [0.2, 0.25) is 0 Å². The highest BCUT2D eigenvalue weighted by Gasteiger charge is 2.40. The average molecular weight is 343 g/mol. The molecule has 0 aliphatic carbocycles. The summed E-state index contributed by atoms with van der Waals surface area (Å²) in [5.74, 6) is 0.543. The minimum atomic E-state index is 0.0838. The molecule has 1 aliphatic rings. The van der Waals surface area contributed by atoms with E-state index in [9.17, 15) is 0 Å². The van der Waals surface area contributed by atoms with Crippen LogP contribution >= 0.6 is 12.2 Å². The lowest BCUT2D eigenvalue weighted by Crippen LogP contribution is -2.32. The van der Waals surface area contributed by atoms with Gasteiger partial charge in [0, 0.05) is 31.2 Å². The van der Waals surface area contributed by atoms with Crippen molar-refractivity contribution in [1.29, 1.82) is 0 Å². The maximum Gasteiger partial charge on any atom is 0.170 e. The predicted octanol–water partition coefficient (Wildman–Crippen LogP) is 4.09. The standard InChI is InChI=1S/C19H26N4S/c1-13(2)11-23-18(15-8-10-22(12-15)14(3)4)17(21-19(23)24)16-7-5-6-9-20-16/h5-10,12-14,17-18H,11H2,1-4H3,(H,21,24)/t17-,18-/m1/s1.